The Morgan fingerprint density at radius 2 is 2.22 bits per heavy atom. The van der Waals surface area contributed by atoms with Gasteiger partial charge in [-0.05, 0) is 13.0 Å². The van der Waals surface area contributed by atoms with E-state index in [1.807, 2.05) is 41.8 Å². The van der Waals surface area contributed by atoms with Gasteiger partial charge in [-0.1, -0.05) is 28.9 Å². The molecule has 0 atom stereocenters. The third-order valence-electron chi connectivity index (χ3n) is 4.17. The molecule has 3 heterocycles. The molecule has 3 aromatic heterocycles. The van der Waals surface area contributed by atoms with E-state index in [4.69, 9.17) is 4.52 Å². The Kier molecular flexibility index (Phi) is 4.61. The van der Waals surface area contributed by atoms with Crippen LogP contribution in [0.1, 0.15) is 23.6 Å². The molecule has 0 aliphatic heterocycles. The fourth-order valence-corrected chi connectivity index (χ4v) is 2.78. The van der Waals surface area contributed by atoms with Crippen molar-refractivity contribution in [2.45, 2.75) is 26.3 Å². The monoisotopic (exact) mass is 362 g/mol. The summed E-state index contributed by atoms with van der Waals surface area (Å²) in [5, 5.41) is 6.87. The molecule has 4 aromatic rings. The van der Waals surface area contributed by atoms with Crippen LogP contribution in [0.3, 0.4) is 0 Å². The van der Waals surface area contributed by atoms with Crippen molar-refractivity contribution in [3.05, 3.63) is 66.2 Å². The number of nitrogens with one attached hydrogen (secondary N) is 1. The highest BCUT2D eigenvalue weighted by molar-refractivity contribution is 5.76. The molecule has 0 aliphatic carbocycles. The van der Waals surface area contributed by atoms with Gasteiger partial charge < -0.3 is 9.84 Å². The summed E-state index contributed by atoms with van der Waals surface area (Å²) in [6.45, 7) is 2.40. The summed E-state index contributed by atoms with van der Waals surface area (Å²) in [7, 11) is 0. The zero-order valence-electron chi connectivity index (χ0n) is 14.8. The summed E-state index contributed by atoms with van der Waals surface area (Å²) in [6, 6.07) is 7.88. The lowest BCUT2D eigenvalue weighted by Gasteiger charge is -2.04. The van der Waals surface area contributed by atoms with Crippen molar-refractivity contribution in [3.8, 4) is 11.4 Å². The third kappa shape index (κ3) is 3.84. The van der Waals surface area contributed by atoms with Crippen molar-refractivity contribution in [3.63, 3.8) is 0 Å². The van der Waals surface area contributed by atoms with Gasteiger partial charge in [-0.25, -0.2) is 4.98 Å². The maximum Gasteiger partial charge on any atom is 0.227 e. The molecule has 8 heteroatoms. The number of nitrogens with zero attached hydrogens (tertiary/aromatic N) is 5. The molecule has 0 unspecified atom stereocenters. The minimum atomic E-state index is -0.0886. The first-order valence-electron chi connectivity index (χ1n) is 8.61. The number of rotatable bonds is 6. The molecule has 0 spiro atoms. The molecule has 1 amide bonds. The number of fused-ring (bicyclic) bond motifs is 1. The number of carbonyl (C=O) groups excluding carboxylic acids is 1. The number of aromatic nitrogens is 5. The summed E-state index contributed by atoms with van der Waals surface area (Å²) in [4.78, 5) is 24.8. The number of amides is 1. The van der Waals surface area contributed by atoms with E-state index in [0.29, 0.717) is 24.7 Å². The van der Waals surface area contributed by atoms with Crippen LogP contribution in [0.4, 0.5) is 0 Å². The maximum atomic E-state index is 12.1. The van der Waals surface area contributed by atoms with Gasteiger partial charge in [0.25, 0.3) is 0 Å². The summed E-state index contributed by atoms with van der Waals surface area (Å²) < 4.78 is 7.14. The lowest BCUT2D eigenvalue weighted by Crippen LogP contribution is -2.23. The first-order chi connectivity index (χ1) is 13.2. The smallest absolute Gasteiger partial charge is 0.227 e. The Morgan fingerprint density at radius 1 is 1.30 bits per heavy atom. The van der Waals surface area contributed by atoms with Gasteiger partial charge in [0.05, 0.1) is 24.6 Å². The van der Waals surface area contributed by atoms with Crippen LogP contribution in [0.15, 0.2) is 53.6 Å². The van der Waals surface area contributed by atoms with Crippen molar-refractivity contribution in [2.24, 2.45) is 0 Å². The first-order valence-corrected chi connectivity index (χ1v) is 8.61. The Hall–Kier alpha value is -3.55. The van der Waals surface area contributed by atoms with Crippen LogP contribution in [0.25, 0.3) is 17.0 Å². The van der Waals surface area contributed by atoms with E-state index in [0.717, 1.165) is 22.5 Å². The van der Waals surface area contributed by atoms with E-state index >= 15 is 0 Å². The topological polar surface area (TPSA) is 98.2 Å². The lowest BCUT2D eigenvalue weighted by molar-refractivity contribution is -0.121. The van der Waals surface area contributed by atoms with Crippen molar-refractivity contribution in [2.75, 3.05) is 0 Å². The molecule has 8 nitrogen and oxygen atoms in total. The fraction of sp³-hybridized carbons (Fsp3) is 0.211. The van der Waals surface area contributed by atoms with E-state index in [9.17, 15) is 4.79 Å². The van der Waals surface area contributed by atoms with Crippen LogP contribution in [0.2, 0.25) is 0 Å². The van der Waals surface area contributed by atoms with E-state index in [-0.39, 0.29) is 12.3 Å². The summed E-state index contributed by atoms with van der Waals surface area (Å²) in [5.41, 5.74) is 3.66. The summed E-state index contributed by atoms with van der Waals surface area (Å²) >= 11 is 0. The highest BCUT2D eigenvalue weighted by Gasteiger charge is 2.11. The Balaban J connectivity index is 1.32. The number of hydrogen-bond acceptors (Lipinski definition) is 6. The van der Waals surface area contributed by atoms with E-state index in [1.54, 1.807) is 18.6 Å². The molecule has 0 radical (unpaired) electrons. The van der Waals surface area contributed by atoms with Crippen LogP contribution in [0, 0.1) is 6.92 Å². The summed E-state index contributed by atoms with van der Waals surface area (Å²) in [6.07, 6.45) is 7.56. The van der Waals surface area contributed by atoms with E-state index in [2.05, 4.69) is 25.4 Å². The molecular weight excluding hydrogens is 344 g/mol. The van der Waals surface area contributed by atoms with Gasteiger partial charge in [0.2, 0.25) is 17.6 Å². The van der Waals surface area contributed by atoms with Gasteiger partial charge in [0, 0.05) is 30.8 Å². The second-order valence-electron chi connectivity index (χ2n) is 6.21. The quantitative estimate of drug-likeness (QED) is 0.565. The molecular formula is C19H18N6O2. The molecule has 0 bridgehead atoms. The average Bonchev–Trinajstić information content (AvgIpc) is 3.32. The highest BCUT2D eigenvalue weighted by Crippen LogP contribution is 2.17. The fourth-order valence-electron chi connectivity index (χ4n) is 2.78. The van der Waals surface area contributed by atoms with Gasteiger partial charge in [-0.15, -0.1) is 0 Å². The molecule has 0 saturated carbocycles. The van der Waals surface area contributed by atoms with Crippen LogP contribution in [0.5, 0.6) is 0 Å². The predicted octanol–water partition coefficient (Wildman–Crippen LogP) is 2.34. The average molecular weight is 362 g/mol. The number of aryl methyl sites for hydroxylation is 2. The Morgan fingerprint density at radius 3 is 3.11 bits per heavy atom. The van der Waals surface area contributed by atoms with Gasteiger partial charge in [-0.3, -0.25) is 14.2 Å². The van der Waals surface area contributed by atoms with Gasteiger partial charge >= 0.3 is 0 Å². The van der Waals surface area contributed by atoms with Crippen LogP contribution < -0.4 is 5.32 Å². The highest BCUT2D eigenvalue weighted by atomic mass is 16.5. The normalized spacial score (nSPS) is 11.0. The molecule has 136 valence electrons. The molecule has 1 N–H and O–H groups in total. The minimum Gasteiger partial charge on any atom is -0.350 e. The largest absolute Gasteiger partial charge is 0.350 e. The standard InChI is InChI=1S/C19H18N6O2/c1-13-3-2-4-14(9-13)19-23-18(27-24-19)6-5-17(26)22-11-15-10-21-16-12-20-7-8-25(15)16/h2-4,7-10,12H,5-6,11H2,1H3,(H,22,26). The van der Waals surface area contributed by atoms with Gasteiger partial charge in [0.15, 0.2) is 5.65 Å². The van der Waals surface area contributed by atoms with Crippen LogP contribution in [-0.4, -0.2) is 30.4 Å². The zero-order valence-corrected chi connectivity index (χ0v) is 14.8. The number of hydrogen-bond donors (Lipinski definition) is 1. The molecule has 0 saturated heterocycles. The Labute approximate surface area is 155 Å². The molecule has 4 rings (SSSR count). The Bertz CT molecular complexity index is 1080. The first kappa shape index (κ1) is 16.9. The van der Waals surface area contributed by atoms with Gasteiger partial charge in [0.1, 0.15) is 0 Å². The van der Waals surface area contributed by atoms with Crippen molar-refractivity contribution < 1.29 is 9.32 Å². The lowest BCUT2D eigenvalue weighted by atomic mass is 10.1. The zero-order chi connectivity index (χ0) is 18.6. The SMILES string of the molecule is Cc1cccc(-c2noc(CCC(=O)NCc3cnc4cnccn34)n2)c1. The third-order valence-corrected chi connectivity index (χ3v) is 4.17. The van der Waals surface area contributed by atoms with Crippen LogP contribution in [-0.2, 0) is 17.8 Å². The van der Waals surface area contributed by atoms with E-state index in [1.165, 1.54) is 0 Å². The van der Waals surface area contributed by atoms with Crippen molar-refractivity contribution >= 4 is 11.6 Å². The maximum absolute atomic E-state index is 12.1. The van der Waals surface area contributed by atoms with E-state index < -0.39 is 0 Å². The van der Waals surface area contributed by atoms with Gasteiger partial charge in [-0.2, -0.15) is 4.98 Å². The predicted molar refractivity (Wildman–Crippen MR) is 97.6 cm³/mol. The van der Waals surface area contributed by atoms with Crippen molar-refractivity contribution in [1.29, 1.82) is 0 Å². The number of benzene rings is 1. The second kappa shape index (κ2) is 7.36. The molecule has 27 heavy (non-hydrogen) atoms. The molecule has 1 aromatic carbocycles. The summed E-state index contributed by atoms with van der Waals surface area (Å²) in [5.74, 6) is 0.894. The second-order valence-corrected chi connectivity index (χ2v) is 6.21. The van der Waals surface area contributed by atoms with Crippen LogP contribution >= 0.6 is 0 Å². The number of imidazole rings is 1. The van der Waals surface area contributed by atoms with Crippen molar-refractivity contribution in [1.82, 2.24) is 29.8 Å². The molecule has 0 fully saturated rings. The molecule has 0 aliphatic rings. The minimum absolute atomic E-state index is 0.0886. The number of carbonyl (C=O) groups is 1.